The van der Waals surface area contributed by atoms with Gasteiger partial charge in [0.2, 0.25) is 0 Å². The van der Waals surface area contributed by atoms with Gasteiger partial charge in [0.1, 0.15) is 17.3 Å². The highest BCUT2D eigenvalue weighted by Crippen LogP contribution is 2.25. The number of halogens is 2. The molecule has 25 heavy (non-hydrogen) atoms. The lowest BCUT2D eigenvalue weighted by atomic mass is 9.99. The van der Waals surface area contributed by atoms with Crippen molar-refractivity contribution in [1.29, 1.82) is 0 Å². The first-order chi connectivity index (χ1) is 12.0. The van der Waals surface area contributed by atoms with Crippen molar-refractivity contribution in [2.24, 2.45) is 5.92 Å². The minimum Gasteiger partial charge on any atom is -0.337 e. The maximum absolute atomic E-state index is 13.7. The summed E-state index contributed by atoms with van der Waals surface area (Å²) < 4.78 is 26.6. The van der Waals surface area contributed by atoms with Crippen molar-refractivity contribution in [3.8, 4) is 0 Å². The fourth-order valence-corrected chi connectivity index (χ4v) is 3.62. The van der Waals surface area contributed by atoms with E-state index in [9.17, 15) is 13.6 Å². The van der Waals surface area contributed by atoms with E-state index in [1.807, 2.05) is 11.0 Å². The van der Waals surface area contributed by atoms with Crippen molar-refractivity contribution in [2.75, 3.05) is 13.1 Å². The third kappa shape index (κ3) is 4.57. The number of carbonyl (C=O) groups is 1. The van der Waals surface area contributed by atoms with Gasteiger partial charge in [-0.2, -0.15) is 0 Å². The summed E-state index contributed by atoms with van der Waals surface area (Å²) in [6.07, 6.45) is 2.04. The summed E-state index contributed by atoms with van der Waals surface area (Å²) in [6.45, 7) is 3.73. The zero-order valence-corrected chi connectivity index (χ0v) is 14.9. The van der Waals surface area contributed by atoms with E-state index in [0.717, 1.165) is 32.0 Å². The Kier molecular flexibility index (Phi) is 5.68. The van der Waals surface area contributed by atoms with Gasteiger partial charge in [-0.25, -0.2) is 13.8 Å². The molecule has 1 saturated heterocycles. The first-order valence-electron chi connectivity index (χ1n) is 8.36. The van der Waals surface area contributed by atoms with Gasteiger partial charge in [0.15, 0.2) is 0 Å². The number of rotatable bonds is 4. The van der Waals surface area contributed by atoms with Gasteiger partial charge in [0.05, 0.1) is 5.69 Å². The fourth-order valence-electron chi connectivity index (χ4n) is 2.80. The number of piperidine rings is 1. The van der Waals surface area contributed by atoms with Crippen LogP contribution in [0.15, 0.2) is 41.3 Å². The summed E-state index contributed by atoms with van der Waals surface area (Å²) in [7, 11) is 0. The highest BCUT2D eigenvalue weighted by Gasteiger charge is 2.22. The molecule has 0 spiro atoms. The number of amides is 1. The van der Waals surface area contributed by atoms with Crippen molar-refractivity contribution >= 4 is 17.7 Å². The van der Waals surface area contributed by atoms with Crippen molar-refractivity contribution in [2.45, 2.75) is 30.4 Å². The van der Waals surface area contributed by atoms with Crippen LogP contribution in [0.5, 0.6) is 0 Å². The zero-order valence-electron chi connectivity index (χ0n) is 14.0. The number of likely N-dealkylation sites (tertiary alicyclic amines) is 1. The number of hydrogen-bond acceptors (Lipinski definition) is 3. The molecule has 0 bridgehead atoms. The Labute approximate surface area is 150 Å². The molecule has 1 amide bonds. The average molecular weight is 362 g/mol. The van der Waals surface area contributed by atoms with E-state index in [1.54, 1.807) is 12.1 Å². The van der Waals surface area contributed by atoms with Gasteiger partial charge in [-0.1, -0.05) is 13.0 Å². The number of pyridine rings is 1. The SMILES string of the molecule is CC1CCN(C(=O)c2cccc(CSc3ccc(F)cc3F)n2)CC1. The molecule has 1 aromatic heterocycles. The lowest BCUT2D eigenvalue weighted by Gasteiger charge is -2.30. The van der Waals surface area contributed by atoms with E-state index in [2.05, 4.69) is 11.9 Å². The Balaban J connectivity index is 1.66. The smallest absolute Gasteiger partial charge is 0.272 e. The number of thioether (sulfide) groups is 1. The highest BCUT2D eigenvalue weighted by atomic mass is 32.2. The van der Waals surface area contributed by atoms with Gasteiger partial charge in [-0.3, -0.25) is 4.79 Å². The summed E-state index contributed by atoms with van der Waals surface area (Å²) in [5.41, 5.74) is 1.12. The largest absolute Gasteiger partial charge is 0.337 e. The standard InChI is InChI=1S/C19H20F2N2OS/c1-13-7-9-23(10-8-13)19(24)17-4-2-3-15(22-17)12-25-18-6-5-14(20)11-16(18)21/h2-6,11,13H,7-10,12H2,1H3. The molecule has 0 atom stereocenters. The van der Waals surface area contributed by atoms with E-state index in [1.165, 1.54) is 23.9 Å². The maximum Gasteiger partial charge on any atom is 0.272 e. The Bertz CT molecular complexity index is 761. The van der Waals surface area contributed by atoms with E-state index < -0.39 is 11.6 Å². The molecule has 0 N–H and O–H groups in total. The quantitative estimate of drug-likeness (QED) is 0.750. The molecule has 0 aliphatic carbocycles. The van der Waals surface area contributed by atoms with Gasteiger partial charge in [0.25, 0.3) is 5.91 Å². The number of aromatic nitrogens is 1. The van der Waals surface area contributed by atoms with Crippen LogP contribution in [0.1, 0.15) is 35.9 Å². The minimum atomic E-state index is -0.594. The second-order valence-electron chi connectivity index (χ2n) is 6.35. The van der Waals surface area contributed by atoms with E-state index in [0.29, 0.717) is 28.0 Å². The summed E-state index contributed by atoms with van der Waals surface area (Å²) in [5.74, 6) is -0.152. The summed E-state index contributed by atoms with van der Waals surface area (Å²) in [4.78, 5) is 19.2. The molecule has 3 nitrogen and oxygen atoms in total. The van der Waals surface area contributed by atoms with E-state index in [-0.39, 0.29) is 5.91 Å². The Morgan fingerprint density at radius 3 is 2.72 bits per heavy atom. The van der Waals surface area contributed by atoms with Gasteiger partial charge in [-0.15, -0.1) is 11.8 Å². The lowest BCUT2D eigenvalue weighted by molar-refractivity contribution is 0.0691. The van der Waals surface area contributed by atoms with Crippen LogP contribution in [-0.4, -0.2) is 28.9 Å². The van der Waals surface area contributed by atoms with Gasteiger partial charge in [-0.05, 0) is 43.0 Å². The molecule has 2 aromatic rings. The predicted molar refractivity (Wildman–Crippen MR) is 94.5 cm³/mol. The van der Waals surface area contributed by atoms with Crippen LogP contribution < -0.4 is 0 Å². The molecule has 6 heteroatoms. The van der Waals surface area contributed by atoms with Crippen molar-refractivity contribution < 1.29 is 13.6 Å². The van der Waals surface area contributed by atoms with E-state index in [4.69, 9.17) is 0 Å². The first kappa shape index (κ1) is 17.9. The molecule has 1 aromatic carbocycles. The Hall–Kier alpha value is -1.95. The van der Waals surface area contributed by atoms with Gasteiger partial charge in [0, 0.05) is 29.8 Å². The minimum absolute atomic E-state index is 0.0493. The molecule has 0 radical (unpaired) electrons. The third-order valence-electron chi connectivity index (χ3n) is 4.37. The topological polar surface area (TPSA) is 33.2 Å². The van der Waals surface area contributed by atoms with Crippen LogP contribution >= 0.6 is 11.8 Å². The van der Waals surface area contributed by atoms with Crippen LogP contribution in [0, 0.1) is 17.6 Å². The molecule has 2 heterocycles. The summed E-state index contributed by atoms with van der Waals surface area (Å²) >= 11 is 1.24. The Morgan fingerprint density at radius 1 is 1.24 bits per heavy atom. The molecule has 3 rings (SSSR count). The van der Waals surface area contributed by atoms with Crippen LogP contribution in [0.3, 0.4) is 0 Å². The molecule has 1 fully saturated rings. The normalized spacial score (nSPS) is 15.4. The predicted octanol–water partition coefficient (Wildman–Crippen LogP) is 4.52. The zero-order chi connectivity index (χ0) is 17.8. The van der Waals surface area contributed by atoms with Crippen molar-refractivity contribution in [3.63, 3.8) is 0 Å². The van der Waals surface area contributed by atoms with Crippen molar-refractivity contribution in [3.05, 3.63) is 59.4 Å². The summed E-state index contributed by atoms with van der Waals surface area (Å²) in [6, 6.07) is 8.84. The molecule has 132 valence electrons. The molecular formula is C19H20F2N2OS. The lowest BCUT2D eigenvalue weighted by Crippen LogP contribution is -2.38. The van der Waals surface area contributed by atoms with Crippen LogP contribution in [-0.2, 0) is 5.75 Å². The Morgan fingerprint density at radius 2 is 2.00 bits per heavy atom. The molecule has 1 aliphatic rings. The maximum atomic E-state index is 13.7. The van der Waals surface area contributed by atoms with E-state index >= 15 is 0 Å². The summed E-state index contributed by atoms with van der Waals surface area (Å²) in [5, 5.41) is 0. The van der Waals surface area contributed by atoms with Gasteiger partial charge >= 0.3 is 0 Å². The van der Waals surface area contributed by atoms with Crippen molar-refractivity contribution in [1.82, 2.24) is 9.88 Å². The molecule has 0 saturated carbocycles. The second kappa shape index (κ2) is 7.95. The number of hydrogen-bond donors (Lipinski definition) is 0. The van der Waals surface area contributed by atoms with Gasteiger partial charge < -0.3 is 4.90 Å². The highest BCUT2D eigenvalue weighted by molar-refractivity contribution is 7.98. The average Bonchev–Trinajstić information content (AvgIpc) is 2.61. The first-order valence-corrected chi connectivity index (χ1v) is 9.34. The molecular weight excluding hydrogens is 342 g/mol. The molecule has 1 aliphatic heterocycles. The fraction of sp³-hybridized carbons (Fsp3) is 0.368. The monoisotopic (exact) mass is 362 g/mol. The van der Waals surface area contributed by atoms with Crippen LogP contribution in [0.4, 0.5) is 8.78 Å². The van der Waals surface area contributed by atoms with Crippen LogP contribution in [0.2, 0.25) is 0 Å². The number of nitrogens with zero attached hydrogens (tertiary/aromatic N) is 2. The third-order valence-corrected chi connectivity index (χ3v) is 5.45. The number of carbonyl (C=O) groups excluding carboxylic acids is 1. The van der Waals surface area contributed by atoms with Crippen LogP contribution in [0.25, 0.3) is 0 Å². The second-order valence-corrected chi connectivity index (χ2v) is 7.37. The number of benzene rings is 1. The molecule has 0 unspecified atom stereocenters.